The molecule has 2 aromatic rings. The van der Waals surface area contributed by atoms with Gasteiger partial charge in [-0.15, -0.1) is 18.5 Å². The molecule has 2 unspecified atom stereocenters. The van der Waals surface area contributed by atoms with Crippen LogP contribution in [0.15, 0.2) is 65.7 Å². The SMILES string of the molecule is PCC=N[C@@H](c1ccccc1)[C@@H](NCCP)c1ccccc1. The number of hydrogen-bond acceptors (Lipinski definition) is 2. The fourth-order valence-corrected chi connectivity index (χ4v) is 2.79. The van der Waals surface area contributed by atoms with Gasteiger partial charge in [-0.3, -0.25) is 4.99 Å². The van der Waals surface area contributed by atoms with E-state index in [0.29, 0.717) is 0 Å². The van der Waals surface area contributed by atoms with Crippen molar-refractivity contribution in [1.82, 2.24) is 5.32 Å². The second kappa shape index (κ2) is 9.85. The Balaban J connectivity index is 2.36. The van der Waals surface area contributed by atoms with Crippen molar-refractivity contribution in [3.8, 4) is 0 Å². The van der Waals surface area contributed by atoms with E-state index in [2.05, 4.69) is 78.4 Å². The molecule has 2 nitrogen and oxygen atoms in total. The van der Waals surface area contributed by atoms with Gasteiger partial charge in [-0.2, -0.15) is 0 Å². The molecule has 0 saturated heterocycles. The molecule has 2 aromatic carbocycles. The second-order valence-electron chi connectivity index (χ2n) is 5.05. The Hall–Kier alpha value is -1.07. The topological polar surface area (TPSA) is 24.4 Å². The highest BCUT2D eigenvalue weighted by Gasteiger charge is 2.23. The molecule has 0 bridgehead atoms. The van der Waals surface area contributed by atoms with Crippen LogP contribution in [0.25, 0.3) is 0 Å². The summed E-state index contributed by atoms with van der Waals surface area (Å²) in [6, 6.07) is 21.4. The molecule has 0 aromatic heterocycles. The van der Waals surface area contributed by atoms with Gasteiger partial charge in [0.05, 0.1) is 12.1 Å². The predicted molar refractivity (Wildman–Crippen MR) is 104 cm³/mol. The molecule has 4 atom stereocenters. The molecule has 4 heteroatoms. The average Bonchev–Trinajstić information content (AvgIpc) is 2.59. The molecule has 0 aliphatic carbocycles. The highest BCUT2D eigenvalue weighted by molar-refractivity contribution is 7.17. The van der Waals surface area contributed by atoms with Crippen LogP contribution in [-0.4, -0.2) is 25.1 Å². The van der Waals surface area contributed by atoms with Crippen LogP contribution in [0.2, 0.25) is 0 Å². The summed E-state index contributed by atoms with van der Waals surface area (Å²) < 4.78 is 0. The molecule has 0 fully saturated rings. The minimum Gasteiger partial charge on any atom is -0.308 e. The highest BCUT2D eigenvalue weighted by Crippen LogP contribution is 2.32. The third kappa shape index (κ3) is 4.99. The van der Waals surface area contributed by atoms with Crippen molar-refractivity contribution >= 4 is 24.7 Å². The van der Waals surface area contributed by atoms with Crippen LogP contribution in [0, 0.1) is 0 Å². The summed E-state index contributed by atoms with van der Waals surface area (Å²) in [5.74, 6) is 0. The molecular weight excluding hydrogens is 306 g/mol. The van der Waals surface area contributed by atoms with Gasteiger partial charge in [0.25, 0.3) is 0 Å². The lowest BCUT2D eigenvalue weighted by molar-refractivity contribution is 0.469. The largest absolute Gasteiger partial charge is 0.308 e. The Bertz CT molecular complexity index is 558. The molecule has 0 aliphatic heterocycles. The fourth-order valence-electron chi connectivity index (χ4n) is 2.50. The van der Waals surface area contributed by atoms with E-state index in [4.69, 9.17) is 4.99 Å². The molecule has 116 valence electrons. The summed E-state index contributed by atoms with van der Waals surface area (Å²) in [5, 5.41) is 3.65. The molecule has 0 aliphatic rings. The zero-order valence-electron chi connectivity index (χ0n) is 12.7. The lowest BCUT2D eigenvalue weighted by Crippen LogP contribution is -2.28. The molecular formula is C18H24N2P2. The predicted octanol–water partition coefficient (Wildman–Crippen LogP) is 3.88. The van der Waals surface area contributed by atoms with E-state index in [1.165, 1.54) is 11.1 Å². The van der Waals surface area contributed by atoms with Gasteiger partial charge >= 0.3 is 0 Å². The highest BCUT2D eigenvalue weighted by atomic mass is 31.0. The Morgan fingerprint density at radius 3 is 2.05 bits per heavy atom. The van der Waals surface area contributed by atoms with Crippen molar-refractivity contribution in [2.75, 3.05) is 18.9 Å². The number of rotatable bonds is 8. The second-order valence-corrected chi connectivity index (χ2v) is 6.10. The minimum atomic E-state index is 0.0840. The van der Waals surface area contributed by atoms with Crippen molar-refractivity contribution in [2.24, 2.45) is 4.99 Å². The van der Waals surface area contributed by atoms with E-state index in [-0.39, 0.29) is 12.1 Å². The minimum absolute atomic E-state index is 0.0840. The molecule has 1 N–H and O–H groups in total. The Labute approximate surface area is 138 Å². The van der Waals surface area contributed by atoms with E-state index in [0.717, 1.165) is 18.9 Å². The monoisotopic (exact) mass is 330 g/mol. The first-order chi connectivity index (χ1) is 10.9. The van der Waals surface area contributed by atoms with Crippen LogP contribution >= 0.6 is 18.5 Å². The van der Waals surface area contributed by atoms with Crippen molar-refractivity contribution in [2.45, 2.75) is 12.1 Å². The van der Waals surface area contributed by atoms with Crippen LogP contribution in [0.4, 0.5) is 0 Å². The molecule has 0 heterocycles. The maximum Gasteiger partial charge on any atom is 0.0939 e. The summed E-state index contributed by atoms with van der Waals surface area (Å²) in [6.07, 6.45) is 3.88. The first-order valence-electron chi connectivity index (χ1n) is 7.62. The zero-order valence-corrected chi connectivity index (χ0v) is 15.0. The van der Waals surface area contributed by atoms with E-state index in [1.807, 2.05) is 12.3 Å². The van der Waals surface area contributed by atoms with Gasteiger partial charge < -0.3 is 5.32 Å². The molecule has 0 amide bonds. The van der Waals surface area contributed by atoms with Crippen molar-refractivity contribution in [1.29, 1.82) is 0 Å². The number of nitrogens with zero attached hydrogens (tertiary/aromatic N) is 1. The van der Waals surface area contributed by atoms with Gasteiger partial charge in [0.15, 0.2) is 0 Å². The van der Waals surface area contributed by atoms with E-state index < -0.39 is 0 Å². The average molecular weight is 330 g/mol. The lowest BCUT2D eigenvalue weighted by Gasteiger charge is -2.26. The summed E-state index contributed by atoms with van der Waals surface area (Å²) >= 11 is 0. The standard InChI is InChI=1S/C18H24N2P2/c21-13-11-19-17(15-7-3-1-4-8-15)18(20-12-14-22)16-9-5-2-6-10-16/h1-11,17-18,20H,12-14,21-22H2/t17-,18-/m0/s1. The van der Waals surface area contributed by atoms with Crippen molar-refractivity contribution in [3.63, 3.8) is 0 Å². The number of nitrogens with one attached hydrogen (secondary N) is 1. The van der Waals surface area contributed by atoms with Crippen molar-refractivity contribution in [3.05, 3.63) is 71.8 Å². The van der Waals surface area contributed by atoms with Crippen LogP contribution in [0.3, 0.4) is 0 Å². The van der Waals surface area contributed by atoms with Crippen LogP contribution in [0.5, 0.6) is 0 Å². The summed E-state index contributed by atoms with van der Waals surface area (Å²) in [6.45, 7) is 0.948. The van der Waals surface area contributed by atoms with Crippen LogP contribution in [-0.2, 0) is 0 Å². The zero-order chi connectivity index (χ0) is 15.6. The molecule has 22 heavy (non-hydrogen) atoms. The third-order valence-electron chi connectivity index (χ3n) is 3.50. The first-order valence-corrected chi connectivity index (χ1v) is 9.25. The summed E-state index contributed by atoms with van der Waals surface area (Å²) in [5.41, 5.74) is 2.51. The fraction of sp³-hybridized carbons (Fsp3) is 0.278. The van der Waals surface area contributed by atoms with Gasteiger partial charge in [-0.05, 0) is 30.0 Å². The molecule has 0 saturated carbocycles. The smallest absolute Gasteiger partial charge is 0.0939 e. The van der Waals surface area contributed by atoms with Gasteiger partial charge in [0.2, 0.25) is 0 Å². The van der Waals surface area contributed by atoms with E-state index >= 15 is 0 Å². The lowest BCUT2D eigenvalue weighted by atomic mass is 9.93. The normalized spacial score (nSPS) is 14.1. The van der Waals surface area contributed by atoms with E-state index in [1.54, 1.807) is 0 Å². The molecule has 0 spiro atoms. The Morgan fingerprint density at radius 2 is 1.50 bits per heavy atom. The van der Waals surface area contributed by atoms with Gasteiger partial charge in [-0.1, -0.05) is 60.7 Å². The quantitative estimate of drug-likeness (QED) is 0.576. The summed E-state index contributed by atoms with van der Waals surface area (Å²) in [4.78, 5) is 4.83. The maximum absolute atomic E-state index is 4.83. The number of aliphatic imine (C=N–C) groups is 1. The van der Waals surface area contributed by atoms with Gasteiger partial charge in [0.1, 0.15) is 0 Å². The summed E-state index contributed by atoms with van der Waals surface area (Å²) in [7, 11) is 5.48. The van der Waals surface area contributed by atoms with Gasteiger partial charge in [0, 0.05) is 6.21 Å². The van der Waals surface area contributed by atoms with Gasteiger partial charge in [-0.25, -0.2) is 0 Å². The Kier molecular flexibility index (Phi) is 7.74. The van der Waals surface area contributed by atoms with Crippen LogP contribution < -0.4 is 5.32 Å². The number of hydrogen-bond donors (Lipinski definition) is 1. The Morgan fingerprint density at radius 1 is 0.909 bits per heavy atom. The van der Waals surface area contributed by atoms with Crippen molar-refractivity contribution < 1.29 is 0 Å². The first kappa shape index (κ1) is 17.3. The third-order valence-corrected chi connectivity index (χ3v) is 4.00. The van der Waals surface area contributed by atoms with E-state index in [9.17, 15) is 0 Å². The van der Waals surface area contributed by atoms with Crippen LogP contribution in [0.1, 0.15) is 23.2 Å². The maximum atomic E-state index is 4.83. The molecule has 2 rings (SSSR count). The number of benzene rings is 2. The molecule has 0 radical (unpaired) electrons.